The van der Waals surface area contributed by atoms with Crippen molar-refractivity contribution in [2.24, 2.45) is 16.8 Å². The molecule has 0 spiro atoms. The number of nitrogens with one attached hydrogen (secondary N) is 2. The molecular weight excluding hydrogens is 412 g/mol. The van der Waals surface area contributed by atoms with Crippen LogP contribution in [-0.4, -0.2) is 65.8 Å². The summed E-state index contributed by atoms with van der Waals surface area (Å²) in [5.74, 6) is -0.166. The lowest BCUT2D eigenvalue weighted by Gasteiger charge is -2.14. The molecule has 0 heterocycles. The molecule has 2 amide bonds. The lowest BCUT2D eigenvalue weighted by atomic mass is 10.0. The van der Waals surface area contributed by atoms with Gasteiger partial charge in [-0.15, -0.1) is 0 Å². The molecule has 0 aromatic heterocycles. The first-order chi connectivity index (χ1) is 14.1. The minimum Gasteiger partial charge on any atom is -0.377 e. The van der Waals surface area contributed by atoms with Crippen molar-refractivity contribution >= 4 is 21.8 Å². The molecule has 0 radical (unpaired) electrons. The molecule has 1 unspecified atom stereocenters. The zero-order valence-corrected chi connectivity index (χ0v) is 18.2. The predicted octanol–water partition coefficient (Wildman–Crippen LogP) is -0.413. The maximum atomic E-state index is 12.0. The molecule has 1 aromatic rings. The maximum absolute atomic E-state index is 12.0. The fourth-order valence-electron chi connectivity index (χ4n) is 2.45. The average Bonchev–Trinajstić information content (AvgIpc) is 2.67. The standard InChI is InChI=1S/C19H32N4O6S/c1-14(2)13-17(20)19(25)23-8-10-29-12-11-28-9-7-22-18(24)15-3-5-16(6-4-15)30(21,26)27/h3-6,14,17H,7-13,20H2,1-2H3,(H,22,24)(H,23,25)(H2,21,26,27). The van der Waals surface area contributed by atoms with Crippen molar-refractivity contribution in [3.05, 3.63) is 29.8 Å². The van der Waals surface area contributed by atoms with Crippen LogP contribution < -0.4 is 21.5 Å². The van der Waals surface area contributed by atoms with E-state index in [9.17, 15) is 18.0 Å². The first-order valence-electron chi connectivity index (χ1n) is 9.71. The molecule has 6 N–H and O–H groups in total. The summed E-state index contributed by atoms with van der Waals surface area (Å²) in [6.45, 7) is 6.05. The van der Waals surface area contributed by atoms with Gasteiger partial charge in [0.25, 0.3) is 5.91 Å². The molecule has 0 saturated heterocycles. The van der Waals surface area contributed by atoms with Gasteiger partial charge in [-0.1, -0.05) is 13.8 Å². The number of benzene rings is 1. The van der Waals surface area contributed by atoms with Crippen LogP contribution in [0, 0.1) is 5.92 Å². The SMILES string of the molecule is CC(C)CC(N)C(=O)NCCOCCOCCNC(=O)c1ccc(S(N)(=O)=O)cc1. The summed E-state index contributed by atoms with van der Waals surface area (Å²) >= 11 is 0. The van der Waals surface area contributed by atoms with E-state index in [1.54, 1.807) is 0 Å². The summed E-state index contributed by atoms with van der Waals surface area (Å²) in [4.78, 5) is 23.6. The summed E-state index contributed by atoms with van der Waals surface area (Å²) < 4.78 is 33.1. The second kappa shape index (κ2) is 13.3. The van der Waals surface area contributed by atoms with Crippen LogP contribution in [0.4, 0.5) is 0 Å². The molecule has 1 aromatic carbocycles. The molecule has 0 saturated carbocycles. The van der Waals surface area contributed by atoms with E-state index in [4.69, 9.17) is 20.3 Å². The fraction of sp³-hybridized carbons (Fsp3) is 0.579. The van der Waals surface area contributed by atoms with Crippen molar-refractivity contribution in [3.8, 4) is 0 Å². The Morgan fingerprint density at radius 2 is 1.50 bits per heavy atom. The third-order valence-corrected chi connectivity index (χ3v) is 4.89. The highest BCUT2D eigenvalue weighted by Crippen LogP contribution is 2.08. The number of primary sulfonamides is 1. The summed E-state index contributed by atoms with van der Waals surface area (Å²) in [7, 11) is -3.78. The number of hydrogen-bond donors (Lipinski definition) is 4. The Morgan fingerprint density at radius 1 is 0.967 bits per heavy atom. The van der Waals surface area contributed by atoms with Crippen LogP contribution >= 0.6 is 0 Å². The summed E-state index contributed by atoms with van der Waals surface area (Å²) in [6.07, 6.45) is 0.637. The molecule has 0 bridgehead atoms. The van der Waals surface area contributed by atoms with Gasteiger partial charge in [-0.25, -0.2) is 13.6 Å². The molecule has 170 valence electrons. The van der Waals surface area contributed by atoms with Crippen LogP contribution in [0.25, 0.3) is 0 Å². The Labute approximate surface area is 177 Å². The van der Waals surface area contributed by atoms with Gasteiger partial charge in [-0.3, -0.25) is 9.59 Å². The van der Waals surface area contributed by atoms with Crippen molar-refractivity contribution in [1.29, 1.82) is 0 Å². The topological polar surface area (TPSA) is 163 Å². The molecule has 0 aliphatic carbocycles. The molecule has 11 heteroatoms. The van der Waals surface area contributed by atoms with E-state index in [-0.39, 0.29) is 16.7 Å². The first kappa shape index (κ1) is 26.0. The van der Waals surface area contributed by atoms with E-state index in [1.165, 1.54) is 24.3 Å². The Morgan fingerprint density at radius 3 is 2.00 bits per heavy atom. The Hall–Kier alpha value is -2.05. The van der Waals surface area contributed by atoms with Crippen LogP contribution in [0.3, 0.4) is 0 Å². The number of hydrogen-bond acceptors (Lipinski definition) is 7. The molecule has 0 aliphatic heterocycles. The highest BCUT2D eigenvalue weighted by molar-refractivity contribution is 7.89. The molecule has 1 atom stereocenters. The van der Waals surface area contributed by atoms with Crippen LogP contribution in [0.1, 0.15) is 30.6 Å². The van der Waals surface area contributed by atoms with Crippen molar-refractivity contribution in [2.75, 3.05) is 39.5 Å². The van der Waals surface area contributed by atoms with Gasteiger partial charge in [0.15, 0.2) is 0 Å². The lowest BCUT2D eigenvalue weighted by molar-refractivity contribution is -0.122. The van der Waals surface area contributed by atoms with E-state index >= 15 is 0 Å². The molecule has 30 heavy (non-hydrogen) atoms. The van der Waals surface area contributed by atoms with E-state index in [2.05, 4.69) is 10.6 Å². The zero-order chi connectivity index (χ0) is 22.6. The van der Waals surface area contributed by atoms with Gasteiger partial charge in [-0.05, 0) is 36.6 Å². The highest BCUT2D eigenvalue weighted by atomic mass is 32.2. The van der Waals surface area contributed by atoms with Gasteiger partial charge in [-0.2, -0.15) is 0 Å². The number of sulfonamides is 1. The first-order valence-corrected chi connectivity index (χ1v) is 11.3. The van der Waals surface area contributed by atoms with Crippen LogP contribution in [0.2, 0.25) is 0 Å². The van der Waals surface area contributed by atoms with Gasteiger partial charge < -0.3 is 25.8 Å². The van der Waals surface area contributed by atoms with Gasteiger partial charge in [0.05, 0.1) is 37.4 Å². The summed E-state index contributed by atoms with van der Waals surface area (Å²) in [6, 6.07) is 4.82. The van der Waals surface area contributed by atoms with E-state index < -0.39 is 16.1 Å². The lowest BCUT2D eigenvalue weighted by Crippen LogP contribution is -2.42. The predicted molar refractivity (Wildman–Crippen MR) is 112 cm³/mol. The monoisotopic (exact) mass is 444 g/mol. The number of amides is 2. The smallest absolute Gasteiger partial charge is 0.251 e. The molecule has 1 rings (SSSR count). The van der Waals surface area contributed by atoms with Crippen molar-refractivity contribution < 1.29 is 27.5 Å². The quantitative estimate of drug-likeness (QED) is 0.283. The van der Waals surface area contributed by atoms with E-state index in [0.29, 0.717) is 57.4 Å². The molecular formula is C19H32N4O6S. The number of carbonyl (C=O) groups is 2. The van der Waals surface area contributed by atoms with Crippen molar-refractivity contribution in [3.63, 3.8) is 0 Å². The summed E-state index contributed by atoms with van der Waals surface area (Å²) in [5, 5.41) is 10.4. The van der Waals surface area contributed by atoms with E-state index in [0.717, 1.165) is 0 Å². The largest absolute Gasteiger partial charge is 0.377 e. The number of nitrogens with two attached hydrogens (primary N) is 2. The third-order valence-electron chi connectivity index (χ3n) is 3.96. The average molecular weight is 445 g/mol. The number of carbonyl (C=O) groups excluding carboxylic acids is 2. The minimum atomic E-state index is -3.78. The normalized spacial score (nSPS) is 12.6. The van der Waals surface area contributed by atoms with Gasteiger partial charge in [0.2, 0.25) is 15.9 Å². The molecule has 0 fully saturated rings. The second-order valence-corrected chi connectivity index (χ2v) is 8.64. The number of ether oxygens (including phenoxy) is 2. The third kappa shape index (κ3) is 10.6. The fourth-order valence-corrected chi connectivity index (χ4v) is 2.96. The van der Waals surface area contributed by atoms with Crippen LogP contribution in [-0.2, 0) is 24.3 Å². The Bertz CT molecular complexity index is 768. The Kier molecular flexibility index (Phi) is 11.5. The number of rotatable bonds is 14. The maximum Gasteiger partial charge on any atom is 0.251 e. The van der Waals surface area contributed by atoms with Crippen LogP contribution in [0.15, 0.2) is 29.2 Å². The Balaban J connectivity index is 2.05. The van der Waals surface area contributed by atoms with E-state index in [1.807, 2.05) is 13.8 Å². The van der Waals surface area contributed by atoms with Crippen molar-refractivity contribution in [2.45, 2.75) is 31.2 Å². The van der Waals surface area contributed by atoms with Gasteiger partial charge >= 0.3 is 0 Å². The zero-order valence-electron chi connectivity index (χ0n) is 17.4. The van der Waals surface area contributed by atoms with Crippen LogP contribution in [0.5, 0.6) is 0 Å². The summed E-state index contributed by atoms with van der Waals surface area (Å²) in [5.41, 5.74) is 6.10. The minimum absolute atomic E-state index is 0.0552. The molecule has 0 aliphatic rings. The second-order valence-electron chi connectivity index (χ2n) is 7.08. The van der Waals surface area contributed by atoms with Gasteiger partial charge in [0, 0.05) is 18.7 Å². The highest BCUT2D eigenvalue weighted by Gasteiger charge is 2.14. The van der Waals surface area contributed by atoms with Crippen molar-refractivity contribution in [1.82, 2.24) is 10.6 Å². The molecule has 10 nitrogen and oxygen atoms in total. The van der Waals surface area contributed by atoms with Gasteiger partial charge in [0.1, 0.15) is 0 Å².